The van der Waals surface area contributed by atoms with Crippen LogP contribution in [0, 0.1) is 0 Å². The lowest BCUT2D eigenvalue weighted by atomic mass is 9.96. The molecule has 3 rings (SSSR count). The Balaban J connectivity index is 0.00000243. The maximum Gasteiger partial charge on any atom is 0.226 e. The summed E-state index contributed by atoms with van der Waals surface area (Å²) < 4.78 is 0. The molecule has 1 aliphatic carbocycles. The van der Waals surface area contributed by atoms with Gasteiger partial charge in [-0.05, 0) is 31.0 Å². The normalized spacial score (nSPS) is 22.3. The Morgan fingerprint density at radius 3 is 2.54 bits per heavy atom. The van der Waals surface area contributed by atoms with Gasteiger partial charge in [-0.2, -0.15) is 0 Å². The summed E-state index contributed by atoms with van der Waals surface area (Å²) in [6, 6.07) is 5.68. The van der Waals surface area contributed by atoms with E-state index in [-0.39, 0.29) is 24.4 Å². The number of aliphatic imine (C=N–C) groups is 1. The highest BCUT2D eigenvalue weighted by atomic mass is 35.5. The first-order valence-corrected chi connectivity index (χ1v) is 10.4. The number of nitrogens with one attached hydrogen (secondary N) is 1. The number of carbonyl (C=O) groups is 1. The molecule has 1 N–H and O–H groups in total. The van der Waals surface area contributed by atoms with Crippen LogP contribution in [0.3, 0.4) is 0 Å². The van der Waals surface area contributed by atoms with Gasteiger partial charge >= 0.3 is 0 Å². The quantitative estimate of drug-likeness (QED) is 0.679. The molecule has 8 heteroatoms. The highest BCUT2D eigenvalue weighted by molar-refractivity contribution is 8.14. The maximum absolute atomic E-state index is 12.4. The minimum Gasteiger partial charge on any atom is -0.350 e. The van der Waals surface area contributed by atoms with Crippen molar-refractivity contribution in [3.05, 3.63) is 28.2 Å². The lowest BCUT2D eigenvalue weighted by Crippen LogP contribution is -2.34. The van der Waals surface area contributed by atoms with Crippen molar-refractivity contribution in [1.29, 1.82) is 0 Å². The van der Waals surface area contributed by atoms with Crippen molar-refractivity contribution < 1.29 is 4.79 Å². The van der Waals surface area contributed by atoms with Gasteiger partial charge in [0.2, 0.25) is 5.91 Å². The van der Waals surface area contributed by atoms with Crippen molar-refractivity contribution in [2.45, 2.75) is 50.6 Å². The molecule has 2 fully saturated rings. The van der Waals surface area contributed by atoms with Crippen LogP contribution in [0.15, 0.2) is 23.2 Å². The van der Waals surface area contributed by atoms with Crippen molar-refractivity contribution in [1.82, 2.24) is 4.90 Å². The Labute approximate surface area is 175 Å². The van der Waals surface area contributed by atoms with Crippen LogP contribution >= 0.6 is 47.4 Å². The molecule has 1 aromatic rings. The number of rotatable bonds is 4. The molecule has 1 unspecified atom stereocenters. The molecule has 0 radical (unpaired) electrons. The van der Waals surface area contributed by atoms with E-state index in [4.69, 9.17) is 28.2 Å². The van der Waals surface area contributed by atoms with E-state index in [2.05, 4.69) is 10.2 Å². The fraction of sp³-hybridized carbons (Fsp3) is 0.556. The molecule has 4 nitrogen and oxygen atoms in total. The van der Waals surface area contributed by atoms with Crippen LogP contribution in [-0.2, 0) is 4.79 Å². The molecule has 0 aromatic heterocycles. The molecule has 1 saturated carbocycles. The van der Waals surface area contributed by atoms with Crippen LogP contribution in [0.25, 0.3) is 0 Å². The topological polar surface area (TPSA) is 44.7 Å². The van der Waals surface area contributed by atoms with Crippen molar-refractivity contribution in [2.75, 3.05) is 18.1 Å². The van der Waals surface area contributed by atoms with Gasteiger partial charge in [0.1, 0.15) is 0 Å². The third-order valence-corrected chi connectivity index (χ3v) is 6.33. The van der Waals surface area contributed by atoms with E-state index in [0.29, 0.717) is 28.2 Å². The lowest BCUT2D eigenvalue weighted by Gasteiger charge is -2.23. The Hall–Kier alpha value is -0.620. The summed E-state index contributed by atoms with van der Waals surface area (Å²) in [5.74, 6) is 0.862. The summed E-state index contributed by atoms with van der Waals surface area (Å²) in [5, 5.41) is 4.99. The molecule has 2 aliphatic rings. The van der Waals surface area contributed by atoms with Crippen LogP contribution in [0.5, 0.6) is 0 Å². The molecule has 1 atom stereocenters. The monoisotopic (exact) mass is 435 g/mol. The molecule has 1 saturated heterocycles. The van der Waals surface area contributed by atoms with E-state index in [1.165, 1.54) is 32.1 Å². The van der Waals surface area contributed by atoms with Crippen LogP contribution in [0.1, 0.15) is 38.5 Å². The Morgan fingerprint density at radius 1 is 1.23 bits per heavy atom. The number of thioether (sulfide) groups is 1. The van der Waals surface area contributed by atoms with Gasteiger partial charge in [0.25, 0.3) is 0 Å². The average Bonchev–Trinajstić information content (AvgIpc) is 2.88. The molecule has 1 amide bonds. The first-order chi connectivity index (χ1) is 12.0. The second kappa shape index (κ2) is 10.1. The van der Waals surface area contributed by atoms with Crippen molar-refractivity contribution in [3.8, 4) is 0 Å². The molecular weight excluding hydrogens is 413 g/mol. The van der Waals surface area contributed by atoms with Gasteiger partial charge in [-0.25, -0.2) is 0 Å². The molecule has 1 aromatic carbocycles. The van der Waals surface area contributed by atoms with Gasteiger partial charge in [-0.3, -0.25) is 9.79 Å². The lowest BCUT2D eigenvalue weighted by molar-refractivity contribution is -0.116. The molecule has 0 spiro atoms. The number of halogens is 3. The van der Waals surface area contributed by atoms with Crippen molar-refractivity contribution >= 4 is 64.1 Å². The average molecular weight is 437 g/mol. The van der Waals surface area contributed by atoms with Gasteiger partial charge in [0.15, 0.2) is 5.17 Å². The number of hydrogen-bond acceptors (Lipinski definition) is 3. The van der Waals surface area contributed by atoms with E-state index in [0.717, 1.165) is 10.9 Å². The summed E-state index contributed by atoms with van der Waals surface area (Å²) in [7, 11) is 2.04. The zero-order valence-electron chi connectivity index (χ0n) is 14.7. The first kappa shape index (κ1) is 21.7. The Bertz CT molecular complexity index is 645. The van der Waals surface area contributed by atoms with Crippen molar-refractivity contribution in [2.24, 2.45) is 4.99 Å². The second-order valence-electron chi connectivity index (χ2n) is 6.69. The van der Waals surface area contributed by atoms with Crippen LogP contribution in [0.2, 0.25) is 10.0 Å². The minimum atomic E-state index is -0.0327. The number of carbonyl (C=O) groups excluding carboxylic acids is 1. The standard InChI is InChI=1S/C18H23Cl2N3OS.ClH/c1-23-16(11-25-18(23)22-14-5-3-2-4-6-14)10-17(24)21-15-8-12(19)7-13(20)9-15;/h7-9,14,16H,2-6,10-11H2,1H3,(H,21,24);1H. The minimum absolute atomic E-state index is 0. The number of amides is 1. The largest absolute Gasteiger partial charge is 0.350 e. The summed E-state index contributed by atoms with van der Waals surface area (Å²) >= 11 is 13.7. The van der Waals surface area contributed by atoms with Crippen LogP contribution < -0.4 is 5.32 Å². The fourth-order valence-electron chi connectivity index (χ4n) is 3.28. The zero-order chi connectivity index (χ0) is 17.8. The third kappa shape index (κ3) is 5.95. The van der Waals surface area contributed by atoms with Crippen molar-refractivity contribution in [3.63, 3.8) is 0 Å². The maximum atomic E-state index is 12.4. The molecular formula is C18H24Cl3N3OS. The van der Waals surface area contributed by atoms with Gasteiger partial charge < -0.3 is 10.2 Å². The number of anilines is 1. The van der Waals surface area contributed by atoms with Crippen LogP contribution in [0.4, 0.5) is 5.69 Å². The van der Waals surface area contributed by atoms with Gasteiger partial charge in [0.05, 0.1) is 6.04 Å². The second-order valence-corrected chi connectivity index (χ2v) is 8.55. The molecule has 1 heterocycles. The summed E-state index contributed by atoms with van der Waals surface area (Å²) in [5.41, 5.74) is 0.631. The molecule has 144 valence electrons. The zero-order valence-corrected chi connectivity index (χ0v) is 17.9. The van der Waals surface area contributed by atoms with E-state index in [9.17, 15) is 4.79 Å². The summed E-state index contributed by atoms with van der Waals surface area (Å²) in [6.07, 6.45) is 6.71. The number of amidine groups is 1. The highest BCUT2D eigenvalue weighted by Crippen LogP contribution is 2.29. The SMILES string of the molecule is CN1C(=NC2CCCCC2)SCC1CC(=O)Nc1cc(Cl)cc(Cl)c1.Cl. The Kier molecular flexibility index (Phi) is 8.40. The first-order valence-electron chi connectivity index (χ1n) is 8.70. The van der Waals surface area contributed by atoms with E-state index >= 15 is 0 Å². The fourth-order valence-corrected chi connectivity index (χ4v) is 5.07. The van der Waals surface area contributed by atoms with E-state index < -0.39 is 0 Å². The smallest absolute Gasteiger partial charge is 0.226 e. The number of benzene rings is 1. The number of nitrogens with zero attached hydrogens (tertiary/aromatic N) is 2. The van der Waals surface area contributed by atoms with E-state index in [1.807, 2.05) is 7.05 Å². The Morgan fingerprint density at radius 2 is 1.88 bits per heavy atom. The summed E-state index contributed by atoms with van der Waals surface area (Å²) in [4.78, 5) is 19.4. The molecule has 26 heavy (non-hydrogen) atoms. The van der Waals surface area contributed by atoms with Crippen LogP contribution in [-0.4, -0.2) is 40.9 Å². The number of hydrogen-bond donors (Lipinski definition) is 1. The predicted molar refractivity (Wildman–Crippen MR) is 115 cm³/mol. The van der Waals surface area contributed by atoms with Gasteiger partial charge in [-0.15, -0.1) is 12.4 Å². The predicted octanol–water partition coefficient (Wildman–Crippen LogP) is 5.48. The van der Waals surface area contributed by atoms with E-state index in [1.54, 1.807) is 30.0 Å². The summed E-state index contributed by atoms with van der Waals surface area (Å²) in [6.45, 7) is 0. The third-order valence-electron chi connectivity index (χ3n) is 4.69. The van der Waals surface area contributed by atoms with Gasteiger partial charge in [-0.1, -0.05) is 54.2 Å². The molecule has 1 aliphatic heterocycles. The molecule has 0 bridgehead atoms. The highest BCUT2D eigenvalue weighted by Gasteiger charge is 2.29. The van der Waals surface area contributed by atoms with Gasteiger partial charge in [0, 0.05) is 41.0 Å².